The zero-order valence-corrected chi connectivity index (χ0v) is 16.1. The molecule has 1 saturated heterocycles. The van der Waals surface area contributed by atoms with Crippen LogP contribution in [0.25, 0.3) is 0 Å². The molecular formula is C20H23F6NO3. The van der Waals surface area contributed by atoms with Gasteiger partial charge in [-0.05, 0) is 56.2 Å². The number of nitrogens with zero attached hydrogens (tertiary/aromatic N) is 1. The summed E-state index contributed by atoms with van der Waals surface area (Å²) in [5, 5.41) is 19.8. The van der Waals surface area contributed by atoms with Crippen molar-refractivity contribution in [3.8, 4) is 0 Å². The minimum absolute atomic E-state index is 0.0966. The number of halogens is 6. The first kappa shape index (κ1) is 22.9. The lowest BCUT2D eigenvalue weighted by Crippen LogP contribution is -2.43. The zero-order valence-electron chi connectivity index (χ0n) is 16.1. The summed E-state index contributed by atoms with van der Waals surface area (Å²) in [6.07, 6.45) is -12.0. The second-order valence-corrected chi connectivity index (χ2v) is 8.36. The van der Waals surface area contributed by atoms with Gasteiger partial charge in [-0.15, -0.1) is 0 Å². The number of aliphatic hydroxyl groups excluding tert-OH is 1. The lowest BCUT2D eigenvalue weighted by atomic mass is 9.66. The van der Waals surface area contributed by atoms with Gasteiger partial charge >= 0.3 is 12.4 Å². The van der Waals surface area contributed by atoms with Crippen molar-refractivity contribution < 1.29 is 41.4 Å². The van der Waals surface area contributed by atoms with Crippen LogP contribution < -0.4 is 4.90 Å². The van der Waals surface area contributed by atoms with Crippen LogP contribution in [-0.4, -0.2) is 40.6 Å². The lowest BCUT2D eigenvalue weighted by Gasteiger charge is -2.41. The van der Waals surface area contributed by atoms with Gasteiger partial charge in [-0.3, -0.25) is 4.79 Å². The van der Waals surface area contributed by atoms with Crippen molar-refractivity contribution in [2.45, 2.75) is 69.0 Å². The largest absolute Gasteiger partial charge is 0.418 e. The molecule has 0 unspecified atom stereocenters. The molecule has 1 saturated carbocycles. The number of carbonyl (C=O) groups excluding carboxylic acids is 1. The van der Waals surface area contributed by atoms with E-state index in [1.54, 1.807) is 0 Å². The van der Waals surface area contributed by atoms with Gasteiger partial charge in [0.15, 0.2) is 6.10 Å². The molecule has 2 fully saturated rings. The van der Waals surface area contributed by atoms with E-state index >= 15 is 0 Å². The summed E-state index contributed by atoms with van der Waals surface area (Å²) in [6, 6.07) is 4.90. The van der Waals surface area contributed by atoms with Crippen LogP contribution in [0, 0.1) is 5.41 Å². The molecule has 10 heteroatoms. The Kier molecular flexibility index (Phi) is 5.87. The van der Waals surface area contributed by atoms with Crippen molar-refractivity contribution >= 4 is 11.6 Å². The fourth-order valence-corrected chi connectivity index (χ4v) is 4.37. The molecule has 1 amide bonds. The van der Waals surface area contributed by atoms with E-state index in [4.69, 9.17) is 0 Å². The van der Waals surface area contributed by atoms with Crippen LogP contribution in [0.4, 0.5) is 32.0 Å². The molecule has 168 valence electrons. The van der Waals surface area contributed by atoms with Crippen LogP contribution in [0.5, 0.6) is 0 Å². The Balaban J connectivity index is 1.65. The van der Waals surface area contributed by atoms with E-state index < -0.39 is 42.3 Å². The Morgan fingerprint density at radius 3 is 2.03 bits per heavy atom. The highest BCUT2D eigenvalue weighted by molar-refractivity contribution is 6.00. The molecule has 1 aromatic carbocycles. The molecule has 1 aliphatic heterocycles. The van der Waals surface area contributed by atoms with Gasteiger partial charge in [-0.1, -0.05) is 12.1 Å². The fraction of sp³-hybridized carbons (Fsp3) is 0.650. The average Bonchev–Trinajstić information content (AvgIpc) is 2.98. The van der Waals surface area contributed by atoms with Gasteiger partial charge in [0.25, 0.3) is 0 Å². The third-order valence-corrected chi connectivity index (χ3v) is 6.35. The molecule has 3 rings (SSSR count). The first-order chi connectivity index (χ1) is 13.7. The van der Waals surface area contributed by atoms with Crippen LogP contribution in [0.3, 0.4) is 0 Å². The molecule has 1 aromatic rings. The Bertz CT molecular complexity index is 766. The van der Waals surface area contributed by atoms with Crippen molar-refractivity contribution in [2.75, 3.05) is 11.4 Å². The zero-order chi connectivity index (χ0) is 22.4. The molecule has 1 aliphatic carbocycles. The summed E-state index contributed by atoms with van der Waals surface area (Å²) in [5.41, 5.74) is -2.15. The standard InChI is InChI=1S/C20H23F6NO3/c21-19(22,23)10-9-18(30)7-5-17(6-8-18)11-12-27(16(17)29)14-3-1-13(2-4-14)15(28)20(24,25)26/h1-4,15,28,30H,5-12H2/t15-,17?,18?/m1/s1. The Labute approximate surface area is 169 Å². The van der Waals surface area contributed by atoms with E-state index in [1.807, 2.05) is 0 Å². The Morgan fingerprint density at radius 2 is 1.53 bits per heavy atom. The summed E-state index contributed by atoms with van der Waals surface area (Å²) in [5.74, 6) is -0.232. The molecule has 2 aliphatic rings. The minimum atomic E-state index is -4.79. The SMILES string of the molecule is O=C1N(c2ccc([C@@H](O)C(F)(F)F)cc2)CCC12CCC(O)(CCC(F)(F)F)CC2. The van der Waals surface area contributed by atoms with Crippen LogP contribution in [0.2, 0.25) is 0 Å². The summed E-state index contributed by atoms with van der Waals surface area (Å²) >= 11 is 0. The van der Waals surface area contributed by atoms with Gasteiger partial charge in [-0.25, -0.2) is 0 Å². The number of carbonyl (C=O) groups is 1. The third-order valence-electron chi connectivity index (χ3n) is 6.35. The second-order valence-electron chi connectivity index (χ2n) is 8.36. The number of benzene rings is 1. The molecule has 4 nitrogen and oxygen atoms in total. The molecule has 2 N–H and O–H groups in total. The number of alkyl halides is 6. The van der Waals surface area contributed by atoms with Crippen LogP contribution in [0.1, 0.15) is 56.6 Å². The first-order valence-corrected chi connectivity index (χ1v) is 9.71. The number of hydrogen-bond donors (Lipinski definition) is 2. The predicted octanol–water partition coefficient (Wildman–Crippen LogP) is 4.65. The van der Waals surface area contributed by atoms with E-state index in [2.05, 4.69) is 0 Å². The molecule has 0 aromatic heterocycles. The second kappa shape index (κ2) is 7.71. The third kappa shape index (κ3) is 4.74. The van der Waals surface area contributed by atoms with Gasteiger partial charge in [0.1, 0.15) is 0 Å². The molecule has 1 spiro atoms. The molecule has 1 heterocycles. The monoisotopic (exact) mass is 439 g/mol. The van der Waals surface area contributed by atoms with Crippen molar-refractivity contribution in [1.82, 2.24) is 0 Å². The van der Waals surface area contributed by atoms with Gasteiger partial charge in [0.05, 0.1) is 11.0 Å². The quantitative estimate of drug-likeness (QED) is 0.672. The van der Waals surface area contributed by atoms with Gasteiger partial charge in [0, 0.05) is 18.7 Å². The van der Waals surface area contributed by atoms with Gasteiger partial charge < -0.3 is 15.1 Å². The van der Waals surface area contributed by atoms with E-state index in [0.29, 0.717) is 18.7 Å². The number of amides is 1. The summed E-state index contributed by atoms with van der Waals surface area (Å²) < 4.78 is 75.3. The van der Waals surface area contributed by atoms with Crippen molar-refractivity contribution in [3.63, 3.8) is 0 Å². The van der Waals surface area contributed by atoms with E-state index in [0.717, 1.165) is 12.1 Å². The number of anilines is 1. The van der Waals surface area contributed by atoms with E-state index in [1.165, 1.54) is 17.0 Å². The molecule has 0 radical (unpaired) electrons. The maximum atomic E-state index is 13.0. The smallest absolute Gasteiger partial charge is 0.390 e. The molecule has 0 bridgehead atoms. The topological polar surface area (TPSA) is 60.8 Å². The van der Waals surface area contributed by atoms with Crippen LogP contribution in [-0.2, 0) is 4.79 Å². The van der Waals surface area contributed by atoms with Gasteiger partial charge in [-0.2, -0.15) is 26.3 Å². The highest BCUT2D eigenvalue weighted by Crippen LogP contribution is 2.50. The molecule has 30 heavy (non-hydrogen) atoms. The van der Waals surface area contributed by atoms with Crippen molar-refractivity contribution in [2.24, 2.45) is 5.41 Å². The van der Waals surface area contributed by atoms with Crippen molar-refractivity contribution in [1.29, 1.82) is 0 Å². The highest BCUT2D eigenvalue weighted by atomic mass is 19.4. The first-order valence-electron chi connectivity index (χ1n) is 9.71. The molecule has 1 atom stereocenters. The van der Waals surface area contributed by atoms with Crippen LogP contribution >= 0.6 is 0 Å². The highest BCUT2D eigenvalue weighted by Gasteiger charge is 2.52. The number of rotatable bonds is 4. The maximum absolute atomic E-state index is 13.0. The number of aliphatic hydroxyl groups is 2. The summed E-state index contributed by atoms with van der Waals surface area (Å²) in [6.45, 7) is 0.334. The Hall–Kier alpha value is -1.81. The molecular weight excluding hydrogens is 416 g/mol. The minimum Gasteiger partial charge on any atom is -0.390 e. The van der Waals surface area contributed by atoms with E-state index in [9.17, 15) is 41.4 Å². The normalized spacial score (nSPS) is 28.9. The Morgan fingerprint density at radius 1 is 0.967 bits per heavy atom. The van der Waals surface area contributed by atoms with Crippen LogP contribution in [0.15, 0.2) is 24.3 Å². The summed E-state index contributed by atoms with van der Waals surface area (Å²) in [4.78, 5) is 14.5. The van der Waals surface area contributed by atoms with E-state index in [-0.39, 0.29) is 37.2 Å². The summed E-state index contributed by atoms with van der Waals surface area (Å²) in [7, 11) is 0. The average molecular weight is 439 g/mol. The maximum Gasteiger partial charge on any atom is 0.418 e. The fourth-order valence-electron chi connectivity index (χ4n) is 4.37. The number of hydrogen-bond acceptors (Lipinski definition) is 3. The van der Waals surface area contributed by atoms with Gasteiger partial charge in [0.2, 0.25) is 5.91 Å². The predicted molar refractivity (Wildman–Crippen MR) is 95.6 cm³/mol. The lowest BCUT2D eigenvalue weighted by molar-refractivity contribution is -0.206. The van der Waals surface area contributed by atoms with Crippen molar-refractivity contribution in [3.05, 3.63) is 29.8 Å².